The van der Waals surface area contributed by atoms with Gasteiger partial charge in [-0.25, -0.2) is 13.2 Å². The number of benzene rings is 1. The fourth-order valence-electron chi connectivity index (χ4n) is 3.18. The highest BCUT2D eigenvalue weighted by Crippen LogP contribution is 2.28. The van der Waals surface area contributed by atoms with Crippen LogP contribution in [0.25, 0.3) is 0 Å². The molecule has 2 aromatic rings. The highest BCUT2D eigenvalue weighted by atomic mass is 32.2. The molecule has 1 fully saturated rings. The Morgan fingerprint density at radius 3 is 2.38 bits per heavy atom. The van der Waals surface area contributed by atoms with E-state index in [9.17, 15) is 13.2 Å². The zero-order chi connectivity index (χ0) is 21.2. The molecule has 1 amide bonds. The first-order valence-corrected chi connectivity index (χ1v) is 11.5. The van der Waals surface area contributed by atoms with Gasteiger partial charge in [-0.15, -0.1) is 0 Å². The molecular weight excluding hydrogens is 394 g/mol. The number of nitrogens with zero attached hydrogens (tertiary/aromatic N) is 3. The Kier molecular flexibility index (Phi) is 5.97. The van der Waals surface area contributed by atoms with Crippen molar-refractivity contribution in [3.63, 3.8) is 0 Å². The average Bonchev–Trinajstić information content (AvgIpc) is 3.08. The summed E-state index contributed by atoms with van der Waals surface area (Å²) < 4.78 is 33.9. The molecule has 0 aliphatic carbocycles. The van der Waals surface area contributed by atoms with Crippen molar-refractivity contribution < 1.29 is 22.5 Å². The van der Waals surface area contributed by atoms with Crippen LogP contribution in [0.1, 0.15) is 56.8 Å². The van der Waals surface area contributed by atoms with Crippen LogP contribution in [0.5, 0.6) is 0 Å². The predicted octanol–water partition coefficient (Wildman–Crippen LogP) is 3.18. The third-order valence-corrected chi connectivity index (χ3v) is 5.82. The van der Waals surface area contributed by atoms with Gasteiger partial charge in [0.25, 0.3) is 0 Å². The first-order chi connectivity index (χ1) is 13.5. The Balaban J connectivity index is 1.56. The third-order valence-electron chi connectivity index (χ3n) is 4.69. The third kappa shape index (κ3) is 5.79. The Morgan fingerprint density at radius 2 is 1.83 bits per heavy atom. The van der Waals surface area contributed by atoms with Crippen LogP contribution >= 0.6 is 0 Å². The van der Waals surface area contributed by atoms with Gasteiger partial charge in [0.2, 0.25) is 5.89 Å². The van der Waals surface area contributed by atoms with Gasteiger partial charge in [0.15, 0.2) is 15.7 Å². The summed E-state index contributed by atoms with van der Waals surface area (Å²) in [5.41, 5.74) is 0.402. The fourth-order valence-corrected chi connectivity index (χ4v) is 3.81. The summed E-state index contributed by atoms with van der Waals surface area (Å²) in [5, 5.41) is 4.05. The Morgan fingerprint density at radius 1 is 1.21 bits per heavy atom. The van der Waals surface area contributed by atoms with E-state index in [1.807, 2.05) is 20.8 Å². The van der Waals surface area contributed by atoms with E-state index >= 15 is 0 Å². The van der Waals surface area contributed by atoms with Crippen molar-refractivity contribution >= 4 is 15.9 Å². The molecule has 1 aromatic heterocycles. The Bertz CT molecular complexity index is 953. The van der Waals surface area contributed by atoms with Gasteiger partial charge in [-0.2, -0.15) is 4.98 Å². The molecule has 0 N–H and O–H groups in total. The van der Waals surface area contributed by atoms with Crippen molar-refractivity contribution in [3.05, 3.63) is 41.5 Å². The van der Waals surface area contributed by atoms with E-state index in [-0.39, 0.29) is 16.9 Å². The number of aromatic nitrogens is 2. The maximum Gasteiger partial charge on any atom is 0.410 e. The summed E-state index contributed by atoms with van der Waals surface area (Å²) in [6.45, 7) is 6.74. The predicted molar refractivity (Wildman–Crippen MR) is 106 cm³/mol. The van der Waals surface area contributed by atoms with Crippen molar-refractivity contribution in [2.24, 2.45) is 0 Å². The molecule has 0 saturated carbocycles. The minimum atomic E-state index is -3.21. The largest absolute Gasteiger partial charge is 0.444 e. The van der Waals surface area contributed by atoms with Crippen LogP contribution in [0.2, 0.25) is 0 Å². The molecular formula is C20H27N3O5S. The second kappa shape index (κ2) is 8.14. The highest BCUT2D eigenvalue weighted by molar-refractivity contribution is 7.90. The summed E-state index contributed by atoms with van der Waals surface area (Å²) in [5.74, 6) is 1.25. The molecule has 158 valence electrons. The van der Waals surface area contributed by atoms with Gasteiger partial charge in [0.05, 0.1) is 4.90 Å². The molecule has 0 spiro atoms. The molecule has 1 saturated heterocycles. The van der Waals surface area contributed by atoms with Crippen LogP contribution in [0.4, 0.5) is 4.79 Å². The molecule has 0 unspecified atom stereocenters. The van der Waals surface area contributed by atoms with Gasteiger partial charge in [-0.05, 0) is 51.3 Å². The van der Waals surface area contributed by atoms with E-state index in [2.05, 4.69) is 10.1 Å². The second-order valence-electron chi connectivity index (χ2n) is 8.38. The van der Waals surface area contributed by atoms with E-state index in [0.29, 0.717) is 31.2 Å². The molecule has 29 heavy (non-hydrogen) atoms. The Labute approximate surface area is 171 Å². The van der Waals surface area contributed by atoms with Crippen molar-refractivity contribution in [2.45, 2.75) is 56.4 Å². The Hall–Kier alpha value is -2.42. The average molecular weight is 422 g/mol. The standard InChI is InChI=1S/C20H27N3O5S/c1-20(2,3)27-19(24)23-11-9-15(10-12-23)18-21-17(22-28-18)13-14-5-7-16(8-6-14)29(4,25)26/h5-8,15H,9-13H2,1-4H3. The second-order valence-corrected chi connectivity index (χ2v) is 10.4. The lowest BCUT2D eigenvalue weighted by atomic mass is 9.97. The number of carbonyl (C=O) groups is 1. The zero-order valence-corrected chi connectivity index (χ0v) is 18.0. The van der Waals surface area contributed by atoms with E-state index in [1.165, 1.54) is 6.26 Å². The first-order valence-electron chi connectivity index (χ1n) is 9.61. The molecule has 0 atom stereocenters. The summed E-state index contributed by atoms with van der Waals surface area (Å²) in [4.78, 5) is 18.7. The van der Waals surface area contributed by atoms with Crippen molar-refractivity contribution in [3.8, 4) is 0 Å². The van der Waals surface area contributed by atoms with Crippen LogP contribution < -0.4 is 0 Å². The molecule has 0 radical (unpaired) electrons. The number of hydrogen-bond donors (Lipinski definition) is 0. The van der Waals surface area contributed by atoms with Gasteiger partial charge in [-0.3, -0.25) is 0 Å². The maximum absolute atomic E-state index is 12.2. The molecule has 9 heteroatoms. The normalized spacial score (nSPS) is 16.1. The minimum absolute atomic E-state index is 0.113. The number of carbonyl (C=O) groups excluding carboxylic acids is 1. The molecule has 8 nitrogen and oxygen atoms in total. The molecule has 2 heterocycles. The number of likely N-dealkylation sites (tertiary alicyclic amines) is 1. The molecule has 1 aliphatic rings. The number of hydrogen-bond acceptors (Lipinski definition) is 7. The minimum Gasteiger partial charge on any atom is -0.444 e. The maximum atomic E-state index is 12.2. The first kappa shape index (κ1) is 21.3. The monoisotopic (exact) mass is 421 g/mol. The van der Waals surface area contributed by atoms with Gasteiger partial charge >= 0.3 is 6.09 Å². The smallest absolute Gasteiger partial charge is 0.410 e. The highest BCUT2D eigenvalue weighted by Gasteiger charge is 2.30. The van der Waals surface area contributed by atoms with E-state index < -0.39 is 15.4 Å². The van der Waals surface area contributed by atoms with Gasteiger partial charge < -0.3 is 14.2 Å². The molecule has 1 aromatic carbocycles. The number of rotatable bonds is 4. The lowest BCUT2D eigenvalue weighted by Gasteiger charge is -2.32. The lowest BCUT2D eigenvalue weighted by Crippen LogP contribution is -2.41. The number of amides is 1. The lowest BCUT2D eigenvalue weighted by molar-refractivity contribution is 0.0198. The summed E-state index contributed by atoms with van der Waals surface area (Å²) in [7, 11) is -3.21. The van der Waals surface area contributed by atoms with Gasteiger partial charge in [0.1, 0.15) is 5.60 Å². The van der Waals surface area contributed by atoms with Crippen molar-refractivity contribution in [1.82, 2.24) is 15.0 Å². The topological polar surface area (TPSA) is 103 Å². The van der Waals surface area contributed by atoms with E-state index in [4.69, 9.17) is 9.26 Å². The quantitative estimate of drug-likeness (QED) is 0.747. The van der Waals surface area contributed by atoms with Crippen LogP contribution in [-0.4, -0.2) is 54.5 Å². The molecule has 0 bridgehead atoms. The van der Waals surface area contributed by atoms with Crippen molar-refractivity contribution in [1.29, 1.82) is 0 Å². The molecule has 1 aliphatic heterocycles. The summed E-state index contributed by atoms with van der Waals surface area (Å²) in [6, 6.07) is 6.67. The van der Waals surface area contributed by atoms with Gasteiger partial charge in [-0.1, -0.05) is 17.3 Å². The summed E-state index contributed by atoms with van der Waals surface area (Å²) in [6.07, 6.45) is 2.83. The SMILES string of the molecule is CC(C)(C)OC(=O)N1CCC(c2nc(Cc3ccc(S(C)(=O)=O)cc3)no2)CC1. The van der Waals surface area contributed by atoms with Crippen LogP contribution in [0, 0.1) is 0 Å². The zero-order valence-electron chi connectivity index (χ0n) is 17.2. The van der Waals surface area contributed by atoms with E-state index in [1.54, 1.807) is 29.2 Å². The fraction of sp³-hybridized carbons (Fsp3) is 0.550. The van der Waals surface area contributed by atoms with Crippen LogP contribution in [0.3, 0.4) is 0 Å². The number of ether oxygens (including phenoxy) is 1. The number of sulfone groups is 1. The summed E-state index contributed by atoms with van der Waals surface area (Å²) >= 11 is 0. The van der Waals surface area contributed by atoms with E-state index in [0.717, 1.165) is 18.4 Å². The van der Waals surface area contributed by atoms with Crippen LogP contribution in [-0.2, 0) is 21.0 Å². The molecule has 3 rings (SSSR count). The van der Waals surface area contributed by atoms with Crippen LogP contribution in [0.15, 0.2) is 33.7 Å². The van der Waals surface area contributed by atoms with Gasteiger partial charge in [0, 0.05) is 31.7 Å². The van der Waals surface area contributed by atoms with Crippen molar-refractivity contribution in [2.75, 3.05) is 19.3 Å². The number of piperidine rings is 1.